The van der Waals surface area contributed by atoms with Crippen molar-refractivity contribution >= 4 is 17.9 Å². The zero-order valence-corrected chi connectivity index (χ0v) is 13.0. The molecule has 1 fully saturated rings. The van der Waals surface area contributed by atoms with Crippen molar-refractivity contribution in [3.63, 3.8) is 0 Å². The molecule has 108 valence electrons. The van der Waals surface area contributed by atoms with Gasteiger partial charge in [-0.15, -0.1) is 12.4 Å². The normalized spacial score (nSPS) is 22.8. The Labute approximate surface area is 127 Å². The van der Waals surface area contributed by atoms with Gasteiger partial charge in [0.05, 0.1) is 0 Å². The van der Waals surface area contributed by atoms with Crippen molar-refractivity contribution in [1.82, 2.24) is 9.30 Å². The first-order valence-electron chi connectivity index (χ1n) is 7.69. The highest BCUT2D eigenvalue weighted by Gasteiger charge is 2.31. The summed E-state index contributed by atoms with van der Waals surface area (Å²) in [6.07, 6.45) is 8.96. The molecule has 20 heavy (non-hydrogen) atoms. The lowest BCUT2D eigenvalue weighted by Gasteiger charge is -2.32. The highest BCUT2D eigenvalue weighted by atomic mass is 35.5. The van der Waals surface area contributed by atoms with E-state index in [0.29, 0.717) is 6.04 Å². The zero-order valence-electron chi connectivity index (χ0n) is 12.1. The minimum atomic E-state index is 0. The van der Waals surface area contributed by atoms with E-state index in [0.717, 1.165) is 0 Å². The fourth-order valence-electron chi connectivity index (χ4n) is 4.19. The third-order valence-electron chi connectivity index (χ3n) is 5.06. The molecule has 4 rings (SSSR count). The topological polar surface area (TPSA) is 7.65 Å². The molecule has 0 radical (unpaired) electrons. The Kier molecular flexibility index (Phi) is 3.78. The number of hydrogen-bond donors (Lipinski definition) is 0. The van der Waals surface area contributed by atoms with E-state index in [1.165, 1.54) is 56.3 Å². The van der Waals surface area contributed by atoms with Crippen molar-refractivity contribution in [3.05, 3.63) is 41.2 Å². The largest absolute Gasteiger partial charge is 0.320 e. The van der Waals surface area contributed by atoms with Crippen molar-refractivity contribution < 1.29 is 0 Å². The molecule has 0 aromatic carbocycles. The van der Waals surface area contributed by atoms with Crippen molar-refractivity contribution in [2.24, 2.45) is 0 Å². The molecule has 1 aliphatic heterocycles. The molecular formula is C17H23ClN2. The second kappa shape index (κ2) is 5.42. The number of halogens is 1. The minimum absolute atomic E-state index is 0. The Morgan fingerprint density at radius 1 is 1.10 bits per heavy atom. The standard InChI is InChI=1S/C17H22N2.ClH/c1-13-14-7-2-3-12-19(14)16-9-6-8-15(17(13)16)18-10-4-5-11-18;/h2-3,7,12,15H,4-6,8-11H2,1H3;1H. The van der Waals surface area contributed by atoms with E-state index < -0.39 is 0 Å². The van der Waals surface area contributed by atoms with Gasteiger partial charge in [-0.2, -0.15) is 0 Å². The summed E-state index contributed by atoms with van der Waals surface area (Å²) in [4.78, 5) is 2.73. The van der Waals surface area contributed by atoms with Crippen LogP contribution < -0.4 is 0 Å². The molecule has 1 aliphatic carbocycles. The maximum absolute atomic E-state index is 2.73. The first-order valence-corrected chi connectivity index (χ1v) is 7.69. The van der Waals surface area contributed by atoms with Crippen LogP contribution in [0.2, 0.25) is 0 Å². The van der Waals surface area contributed by atoms with E-state index >= 15 is 0 Å². The van der Waals surface area contributed by atoms with Crippen molar-refractivity contribution in [2.75, 3.05) is 13.1 Å². The average molecular weight is 291 g/mol. The van der Waals surface area contributed by atoms with Crippen LogP contribution in [0.4, 0.5) is 0 Å². The summed E-state index contributed by atoms with van der Waals surface area (Å²) in [6, 6.07) is 7.28. The van der Waals surface area contributed by atoms with Crippen LogP contribution in [-0.4, -0.2) is 22.4 Å². The van der Waals surface area contributed by atoms with Gasteiger partial charge in [0.2, 0.25) is 0 Å². The van der Waals surface area contributed by atoms with Crippen LogP contribution in [0, 0.1) is 6.92 Å². The molecule has 0 N–H and O–H groups in total. The first kappa shape index (κ1) is 14.0. The number of aromatic nitrogens is 1. The summed E-state index contributed by atoms with van der Waals surface area (Å²) >= 11 is 0. The quantitative estimate of drug-likeness (QED) is 0.766. The van der Waals surface area contributed by atoms with Gasteiger partial charge in [-0.25, -0.2) is 0 Å². The van der Waals surface area contributed by atoms with E-state index in [4.69, 9.17) is 0 Å². The third-order valence-corrected chi connectivity index (χ3v) is 5.06. The summed E-state index contributed by atoms with van der Waals surface area (Å²) in [5.41, 5.74) is 6.17. The molecule has 0 bridgehead atoms. The summed E-state index contributed by atoms with van der Waals surface area (Å²) < 4.78 is 2.44. The molecule has 0 spiro atoms. The number of rotatable bonds is 1. The minimum Gasteiger partial charge on any atom is -0.320 e. The first-order chi connectivity index (χ1) is 9.36. The Morgan fingerprint density at radius 2 is 1.90 bits per heavy atom. The van der Waals surface area contributed by atoms with Gasteiger partial charge in [-0.3, -0.25) is 4.90 Å². The number of fused-ring (bicyclic) bond motifs is 3. The Hall–Kier alpha value is -0.990. The van der Waals surface area contributed by atoms with E-state index in [1.54, 1.807) is 11.3 Å². The number of nitrogens with zero attached hydrogens (tertiary/aromatic N) is 2. The maximum Gasteiger partial charge on any atom is 0.0485 e. The van der Waals surface area contributed by atoms with E-state index in [9.17, 15) is 0 Å². The molecule has 1 saturated heterocycles. The fourth-order valence-corrected chi connectivity index (χ4v) is 4.19. The monoisotopic (exact) mass is 290 g/mol. The van der Waals surface area contributed by atoms with E-state index in [1.807, 2.05) is 0 Å². The van der Waals surface area contributed by atoms with Crippen LogP contribution in [0.3, 0.4) is 0 Å². The molecule has 2 aromatic rings. The van der Waals surface area contributed by atoms with Gasteiger partial charge >= 0.3 is 0 Å². The highest BCUT2D eigenvalue weighted by Crippen LogP contribution is 2.40. The number of hydrogen-bond acceptors (Lipinski definition) is 1. The SMILES string of the molecule is Cc1c2c(n3ccccc13)CCCC2N1CCCC1.Cl. The lowest BCUT2D eigenvalue weighted by atomic mass is 9.89. The van der Waals surface area contributed by atoms with E-state index in [-0.39, 0.29) is 12.4 Å². The molecule has 2 nitrogen and oxygen atoms in total. The second-order valence-electron chi connectivity index (χ2n) is 6.09. The molecule has 3 heteroatoms. The van der Waals surface area contributed by atoms with Crippen LogP contribution >= 0.6 is 12.4 Å². The summed E-state index contributed by atoms with van der Waals surface area (Å²) in [5, 5.41) is 0. The number of pyridine rings is 1. The Bertz CT molecular complexity index is 611. The van der Waals surface area contributed by atoms with Gasteiger partial charge in [0, 0.05) is 23.4 Å². The molecule has 0 amide bonds. The lowest BCUT2D eigenvalue weighted by molar-refractivity contribution is 0.220. The Morgan fingerprint density at radius 3 is 2.70 bits per heavy atom. The summed E-state index contributed by atoms with van der Waals surface area (Å²) in [6.45, 7) is 4.92. The molecule has 3 heterocycles. The maximum atomic E-state index is 2.73. The van der Waals surface area contributed by atoms with Gasteiger partial charge in [0.25, 0.3) is 0 Å². The smallest absolute Gasteiger partial charge is 0.0485 e. The summed E-state index contributed by atoms with van der Waals surface area (Å²) in [7, 11) is 0. The molecule has 2 aliphatic rings. The number of aryl methyl sites for hydroxylation is 2. The van der Waals surface area contributed by atoms with Crippen molar-refractivity contribution in [1.29, 1.82) is 0 Å². The molecule has 1 atom stereocenters. The molecule has 0 saturated carbocycles. The predicted octanol–water partition coefficient (Wildman–Crippen LogP) is 4.14. The molecule has 1 unspecified atom stereocenters. The molecule has 2 aromatic heterocycles. The van der Waals surface area contributed by atoms with Crippen LogP contribution in [0.1, 0.15) is 48.5 Å². The Balaban J connectivity index is 0.00000121. The summed E-state index contributed by atoms with van der Waals surface area (Å²) in [5.74, 6) is 0. The predicted molar refractivity (Wildman–Crippen MR) is 85.9 cm³/mol. The van der Waals surface area contributed by atoms with Gasteiger partial charge in [-0.05, 0) is 75.4 Å². The van der Waals surface area contributed by atoms with Gasteiger partial charge in [-0.1, -0.05) is 6.07 Å². The van der Waals surface area contributed by atoms with Crippen LogP contribution in [0.15, 0.2) is 24.4 Å². The lowest BCUT2D eigenvalue weighted by Crippen LogP contribution is -2.28. The van der Waals surface area contributed by atoms with Gasteiger partial charge in [0.15, 0.2) is 0 Å². The zero-order chi connectivity index (χ0) is 12.8. The highest BCUT2D eigenvalue weighted by molar-refractivity contribution is 5.85. The second-order valence-corrected chi connectivity index (χ2v) is 6.09. The average Bonchev–Trinajstić information content (AvgIpc) is 3.08. The number of likely N-dealkylation sites (tertiary alicyclic amines) is 1. The van der Waals surface area contributed by atoms with Crippen LogP contribution in [0.5, 0.6) is 0 Å². The van der Waals surface area contributed by atoms with Gasteiger partial charge < -0.3 is 4.40 Å². The third kappa shape index (κ3) is 1.97. The van der Waals surface area contributed by atoms with Gasteiger partial charge in [0.1, 0.15) is 0 Å². The fraction of sp³-hybridized carbons (Fsp3) is 0.529. The van der Waals surface area contributed by atoms with Crippen LogP contribution in [0.25, 0.3) is 5.52 Å². The van der Waals surface area contributed by atoms with Crippen molar-refractivity contribution in [2.45, 2.75) is 45.1 Å². The van der Waals surface area contributed by atoms with Crippen molar-refractivity contribution in [3.8, 4) is 0 Å². The molecular weight excluding hydrogens is 268 g/mol. The van der Waals surface area contributed by atoms with Crippen LogP contribution in [-0.2, 0) is 6.42 Å². The van der Waals surface area contributed by atoms with E-state index in [2.05, 4.69) is 40.6 Å².